The Labute approximate surface area is 315 Å². The van der Waals surface area contributed by atoms with Crippen LogP contribution >= 0.6 is 11.8 Å². The summed E-state index contributed by atoms with van der Waals surface area (Å²) in [6.45, 7) is 16.7. The third kappa shape index (κ3) is 25.8. The number of phenolic OH excluding ortho intramolecular Hbond substituents is 1. The first-order chi connectivity index (χ1) is 24.7. The molecule has 0 fully saturated rings. The van der Waals surface area contributed by atoms with Gasteiger partial charge in [0.05, 0.1) is 58.5 Å². The van der Waals surface area contributed by atoms with Crippen LogP contribution in [0.4, 0.5) is 0 Å². The van der Waals surface area contributed by atoms with Gasteiger partial charge in [0.2, 0.25) is 0 Å². The molecule has 4 atom stereocenters. The van der Waals surface area contributed by atoms with Gasteiger partial charge in [-0.15, -0.1) is 0 Å². The number of aromatic hydroxyl groups is 1. The molecule has 4 unspecified atom stereocenters. The highest BCUT2D eigenvalue weighted by molar-refractivity contribution is 7.99. The molecule has 1 aromatic carbocycles. The van der Waals surface area contributed by atoms with E-state index in [4.69, 9.17) is 33.2 Å². The summed E-state index contributed by atoms with van der Waals surface area (Å²) < 4.78 is 41.0. The summed E-state index contributed by atoms with van der Waals surface area (Å²) in [6.07, 6.45) is 1.76. The molecule has 52 heavy (non-hydrogen) atoms. The minimum Gasteiger partial charge on any atom is -0.508 e. The lowest BCUT2D eigenvalue weighted by molar-refractivity contribution is -0.156. The van der Waals surface area contributed by atoms with Crippen LogP contribution in [0.1, 0.15) is 71.4 Å². The number of aryl methyl sites for hydroxylation is 2. The number of carbonyl (C=O) groups excluding carboxylic acids is 2. The van der Waals surface area contributed by atoms with E-state index in [0.29, 0.717) is 56.7 Å². The van der Waals surface area contributed by atoms with Crippen LogP contribution in [0.15, 0.2) is 30.9 Å². The van der Waals surface area contributed by atoms with Gasteiger partial charge in [0, 0.05) is 37.0 Å². The maximum atomic E-state index is 12.3. The summed E-state index contributed by atoms with van der Waals surface area (Å²) >= 11 is 1.62. The summed E-state index contributed by atoms with van der Waals surface area (Å²) in [5, 5.41) is 29.0. The first-order valence-electron chi connectivity index (χ1n) is 18.3. The molecular weight excluding hydrogens is 692 g/mol. The SMILES string of the molecule is C=CC(=O)OCC(COC(COCCC(C)C)COC(C)(C)C)OCC(COCCSCCC(=O)CCCc1ccc(C)c(O)c1)OCC(O)CO. The van der Waals surface area contributed by atoms with E-state index in [1.54, 1.807) is 17.8 Å². The smallest absolute Gasteiger partial charge is 0.330 e. The molecule has 0 heterocycles. The lowest BCUT2D eigenvalue weighted by Gasteiger charge is -2.27. The monoisotopic (exact) mass is 758 g/mol. The van der Waals surface area contributed by atoms with E-state index in [1.165, 1.54) is 0 Å². The molecule has 0 bridgehead atoms. The standard InChI is InChI=1S/C39H66O12S/c1-8-38(44)50-27-36(26-48-35(28-51-39(5,6)7)24-45-16-14-29(2)3)49-25-34(47-22-33(42)21-40)23-46-17-19-52-18-15-32(41)11-9-10-31-13-12-30(4)37(43)20-31/h8,12-13,20,29,33-36,40,42-43H,1,9-11,14-19,21-28H2,2-7H3. The van der Waals surface area contributed by atoms with Crippen LogP contribution in [0.5, 0.6) is 5.75 Å². The van der Waals surface area contributed by atoms with E-state index in [1.807, 2.05) is 39.8 Å². The van der Waals surface area contributed by atoms with Crippen LogP contribution in [-0.2, 0) is 49.2 Å². The number of hydrogen-bond acceptors (Lipinski definition) is 13. The molecule has 0 aliphatic heterocycles. The van der Waals surface area contributed by atoms with E-state index in [-0.39, 0.29) is 56.3 Å². The Balaban J connectivity index is 2.59. The third-order valence-corrected chi connectivity index (χ3v) is 8.54. The number of phenols is 1. The Morgan fingerprint density at radius 3 is 2.13 bits per heavy atom. The number of carbonyl (C=O) groups is 2. The fourth-order valence-electron chi connectivity index (χ4n) is 4.38. The lowest BCUT2D eigenvalue weighted by Crippen LogP contribution is -2.38. The van der Waals surface area contributed by atoms with Crippen molar-refractivity contribution in [2.24, 2.45) is 5.92 Å². The predicted molar refractivity (Wildman–Crippen MR) is 203 cm³/mol. The second kappa shape index (κ2) is 28.4. The van der Waals surface area contributed by atoms with Crippen LogP contribution < -0.4 is 0 Å². The third-order valence-electron chi connectivity index (χ3n) is 7.59. The van der Waals surface area contributed by atoms with Gasteiger partial charge in [0.1, 0.15) is 42.6 Å². The second-order valence-electron chi connectivity index (χ2n) is 14.2. The van der Waals surface area contributed by atoms with Crippen molar-refractivity contribution in [2.45, 2.75) is 104 Å². The van der Waals surface area contributed by atoms with Gasteiger partial charge >= 0.3 is 5.97 Å². The first-order valence-corrected chi connectivity index (χ1v) is 19.5. The van der Waals surface area contributed by atoms with Gasteiger partial charge in [-0.25, -0.2) is 4.79 Å². The van der Waals surface area contributed by atoms with Crippen LogP contribution in [0.25, 0.3) is 0 Å². The average Bonchev–Trinajstić information content (AvgIpc) is 3.10. The van der Waals surface area contributed by atoms with E-state index >= 15 is 0 Å². The van der Waals surface area contributed by atoms with Gasteiger partial charge in [-0.1, -0.05) is 32.6 Å². The number of ether oxygens (including phenoxy) is 7. The molecule has 0 radical (unpaired) electrons. The number of hydrogen-bond donors (Lipinski definition) is 3. The molecular formula is C39H66O12S. The fraction of sp³-hybridized carbons (Fsp3) is 0.744. The normalized spacial score (nSPS) is 14.2. The van der Waals surface area contributed by atoms with Crippen LogP contribution in [0.3, 0.4) is 0 Å². The van der Waals surface area contributed by atoms with Crippen molar-refractivity contribution >= 4 is 23.5 Å². The van der Waals surface area contributed by atoms with Gasteiger partial charge < -0.3 is 48.5 Å². The molecule has 0 aliphatic rings. The predicted octanol–water partition coefficient (Wildman–Crippen LogP) is 4.85. The maximum absolute atomic E-state index is 12.3. The van der Waals surface area contributed by atoms with Crippen molar-refractivity contribution in [1.29, 1.82) is 0 Å². The quantitative estimate of drug-likeness (QED) is 0.0521. The van der Waals surface area contributed by atoms with E-state index < -0.39 is 30.9 Å². The Hall–Kier alpha value is -2.07. The van der Waals surface area contributed by atoms with Crippen LogP contribution in [0, 0.1) is 12.8 Å². The minimum absolute atomic E-state index is 0.0374. The summed E-state index contributed by atoms with van der Waals surface area (Å²) in [6, 6.07) is 5.62. The average molecular weight is 759 g/mol. The summed E-state index contributed by atoms with van der Waals surface area (Å²) in [4.78, 5) is 24.2. The van der Waals surface area contributed by atoms with E-state index in [0.717, 1.165) is 36.5 Å². The number of thioether (sulfide) groups is 1. The van der Waals surface area contributed by atoms with Crippen LogP contribution in [-0.4, -0.2) is 135 Å². The zero-order valence-electron chi connectivity index (χ0n) is 32.3. The van der Waals surface area contributed by atoms with Crippen molar-refractivity contribution in [2.75, 3.05) is 77.6 Å². The number of esters is 1. The van der Waals surface area contributed by atoms with Crippen molar-refractivity contribution in [1.82, 2.24) is 0 Å². The minimum atomic E-state index is -1.06. The topological polar surface area (TPSA) is 159 Å². The maximum Gasteiger partial charge on any atom is 0.330 e. The molecule has 1 aromatic rings. The highest BCUT2D eigenvalue weighted by atomic mass is 32.2. The molecule has 0 saturated heterocycles. The molecule has 0 saturated carbocycles. The van der Waals surface area contributed by atoms with Crippen LogP contribution in [0.2, 0.25) is 0 Å². The Morgan fingerprint density at radius 2 is 1.52 bits per heavy atom. The Bertz CT molecular complexity index is 1110. The summed E-state index contributed by atoms with van der Waals surface area (Å²) in [5.74, 6) is 1.77. The fourth-order valence-corrected chi connectivity index (χ4v) is 5.19. The highest BCUT2D eigenvalue weighted by Crippen LogP contribution is 2.19. The number of benzene rings is 1. The number of aliphatic hydroxyl groups is 2. The van der Waals surface area contributed by atoms with Crippen molar-refractivity contribution in [3.63, 3.8) is 0 Å². The molecule has 1 rings (SSSR count). The molecule has 12 nitrogen and oxygen atoms in total. The molecule has 0 aliphatic carbocycles. The van der Waals surface area contributed by atoms with E-state index in [2.05, 4.69) is 20.4 Å². The van der Waals surface area contributed by atoms with Crippen molar-refractivity contribution in [3.8, 4) is 5.75 Å². The second-order valence-corrected chi connectivity index (χ2v) is 15.4. The first kappa shape index (κ1) is 48.0. The van der Waals surface area contributed by atoms with Gasteiger partial charge in [-0.05, 0) is 70.1 Å². The Kier molecular flexibility index (Phi) is 26.2. The highest BCUT2D eigenvalue weighted by Gasteiger charge is 2.22. The largest absolute Gasteiger partial charge is 0.508 e. The lowest BCUT2D eigenvalue weighted by atomic mass is 10.0. The van der Waals surface area contributed by atoms with Gasteiger partial charge in [0.25, 0.3) is 0 Å². The zero-order chi connectivity index (χ0) is 38.8. The molecule has 3 N–H and O–H groups in total. The molecule has 0 aromatic heterocycles. The van der Waals surface area contributed by atoms with Gasteiger partial charge in [-0.2, -0.15) is 11.8 Å². The van der Waals surface area contributed by atoms with Crippen molar-refractivity contribution < 1.29 is 58.1 Å². The zero-order valence-corrected chi connectivity index (χ0v) is 33.2. The van der Waals surface area contributed by atoms with Gasteiger partial charge in [0.15, 0.2) is 0 Å². The van der Waals surface area contributed by atoms with E-state index in [9.17, 15) is 24.9 Å². The molecule has 0 spiro atoms. The molecule has 0 amide bonds. The number of Topliss-reactive ketones (excluding diaryl/α,β-unsaturated/α-hetero) is 1. The molecule has 13 heteroatoms. The summed E-state index contributed by atoms with van der Waals surface area (Å²) in [5.41, 5.74) is 1.49. The number of ketones is 1. The number of aliphatic hydroxyl groups excluding tert-OH is 2. The summed E-state index contributed by atoms with van der Waals surface area (Å²) in [7, 11) is 0. The number of rotatable bonds is 32. The molecule has 300 valence electrons. The van der Waals surface area contributed by atoms with Crippen molar-refractivity contribution in [3.05, 3.63) is 42.0 Å². The Morgan fingerprint density at radius 1 is 0.885 bits per heavy atom. The van der Waals surface area contributed by atoms with Gasteiger partial charge in [-0.3, -0.25) is 4.79 Å².